The smallest absolute Gasteiger partial charge is 0.227 e. The Morgan fingerprint density at radius 3 is 2.60 bits per heavy atom. The Morgan fingerprint density at radius 2 is 1.93 bits per heavy atom. The summed E-state index contributed by atoms with van der Waals surface area (Å²) < 4.78 is 5.55. The zero-order chi connectivity index (χ0) is 21.1. The van der Waals surface area contributed by atoms with Gasteiger partial charge in [-0.05, 0) is 75.9 Å². The predicted molar refractivity (Wildman–Crippen MR) is 123 cm³/mol. The van der Waals surface area contributed by atoms with Crippen LogP contribution in [0.1, 0.15) is 70.8 Å². The first-order chi connectivity index (χ1) is 14.5. The summed E-state index contributed by atoms with van der Waals surface area (Å²) in [6.45, 7) is 8.39. The lowest BCUT2D eigenvalue weighted by Gasteiger charge is -2.39. The van der Waals surface area contributed by atoms with E-state index in [2.05, 4.69) is 41.9 Å². The third kappa shape index (κ3) is 4.44. The molecule has 1 saturated carbocycles. The van der Waals surface area contributed by atoms with E-state index in [1.54, 1.807) is 7.11 Å². The molecule has 0 unspecified atom stereocenters. The zero-order valence-corrected chi connectivity index (χ0v) is 19.1. The molecular weight excluding hydrogens is 372 g/mol. The van der Waals surface area contributed by atoms with Crippen molar-refractivity contribution in [3.05, 3.63) is 35.4 Å². The molecule has 1 amide bonds. The molecular formula is C26H38N2O2. The number of methoxy groups -OCH3 is 1. The normalized spacial score (nSPS) is 21.1. The van der Waals surface area contributed by atoms with Gasteiger partial charge in [-0.25, -0.2) is 0 Å². The molecule has 164 valence electrons. The number of anilines is 1. The van der Waals surface area contributed by atoms with Crippen molar-refractivity contribution in [2.24, 2.45) is 5.92 Å². The van der Waals surface area contributed by atoms with E-state index in [9.17, 15) is 4.79 Å². The van der Waals surface area contributed by atoms with Gasteiger partial charge in [-0.15, -0.1) is 0 Å². The van der Waals surface area contributed by atoms with Gasteiger partial charge in [-0.3, -0.25) is 9.69 Å². The van der Waals surface area contributed by atoms with Crippen LogP contribution in [0.5, 0.6) is 5.75 Å². The molecule has 1 spiro atoms. The summed E-state index contributed by atoms with van der Waals surface area (Å²) in [5, 5.41) is 0. The predicted octanol–water partition coefficient (Wildman–Crippen LogP) is 5.31. The van der Waals surface area contributed by atoms with Crippen LogP contribution in [-0.4, -0.2) is 44.1 Å². The number of carbonyl (C=O) groups is 1. The van der Waals surface area contributed by atoms with Gasteiger partial charge in [0, 0.05) is 30.6 Å². The largest absolute Gasteiger partial charge is 0.497 e. The van der Waals surface area contributed by atoms with Gasteiger partial charge in [0.2, 0.25) is 5.91 Å². The van der Waals surface area contributed by atoms with Crippen LogP contribution in [0.25, 0.3) is 0 Å². The third-order valence-electron chi connectivity index (χ3n) is 7.64. The molecule has 0 radical (unpaired) electrons. The Hall–Kier alpha value is -1.81. The molecule has 1 aromatic carbocycles. The maximum absolute atomic E-state index is 13.3. The highest BCUT2D eigenvalue weighted by atomic mass is 16.5. The molecule has 2 heterocycles. The minimum absolute atomic E-state index is 0.0777. The first-order valence-corrected chi connectivity index (χ1v) is 11.9. The van der Waals surface area contributed by atoms with Crippen LogP contribution in [0.4, 0.5) is 5.69 Å². The summed E-state index contributed by atoms with van der Waals surface area (Å²) in [4.78, 5) is 17.9. The number of allylic oxidation sites excluding steroid dienone is 1. The summed E-state index contributed by atoms with van der Waals surface area (Å²) in [7, 11) is 1.73. The van der Waals surface area contributed by atoms with E-state index in [0.717, 1.165) is 62.8 Å². The Morgan fingerprint density at radius 1 is 1.20 bits per heavy atom. The standard InChI is InChI=1S/C26H38N2O2/c1-20(2)12-15-27-16-13-26(14-17-27)19-28(24-10-9-22(30-3)18-23(24)26)25(29)11-8-21-6-4-5-7-21/h9-10,12,18,21H,4-8,11,13-17,19H2,1-3H3. The first kappa shape index (κ1) is 21.4. The maximum Gasteiger partial charge on any atom is 0.227 e. The van der Waals surface area contributed by atoms with Crippen molar-refractivity contribution in [3.63, 3.8) is 0 Å². The fraction of sp³-hybridized carbons (Fsp3) is 0.654. The fourth-order valence-corrected chi connectivity index (χ4v) is 5.66. The molecule has 2 fully saturated rings. The highest BCUT2D eigenvalue weighted by Crippen LogP contribution is 2.48. The van der Waals surface area contributed by atoms with Crippen LogP contribution < -0.4 is 9.64 Å². The van der Waals surface area contributed by atoms with E-state index in [0.29, 0.717) is 12.3 Å². The van der Waals surface area contributed by atoms with Crippen LogP contribution >= 0.6 is 0 Å². The van der Waals surface area contributed by atoms with Gasteiger partial charge in [0.25, 0.3) is 0 Å². The number of piperidine rings is 1. The first-order valence-electron chi connectivity index (χ1n) is 11.9. The second-order valence-electron chi connectivity index (χ2n) is 9.91. The van der Waals surface area contributed by atoms with Crippen molar-refractivity contribution in [1.82, 2.24) is 4.90 Å². The number of hydrogen-bond donors (Lipinski definition) is 0. The van der Waals surface area contributed by atoms with Gasteiger partial charge in [0.15, 0.2) is 0 Å². The summed E-state index contributed by atoms with van der Waals surface area (Å²) in [5.74, 6) is 1.98. The summed E-state index contributed by atoms with van der Waals surface area (Å²) >= 11 is 0. The van der Waals surface area contributed by atoms with Gasteiger partial charge in [0.05, 0.1) is 7.11 Å². The number of benzene rings is 1. The zero-order valence-electron chi connectivity index (χ0n) is 19.1. The summed E-state index contributed by atoms with van der Waals surface area (Å²) in [6, 6.07) is 6.33. The molecule has 1 aromatic rings. The lowest BCUT2D eigenvalue weighted by molar-refractivity contribution is -0.119. The third-order valence-corrected chi connectivity index (χ3v) is 7.64. The molecule has 3 aliphatic rings. The minimum atomic E-state index is 0.0777. The van der Waals surface area contributed by atoms with E-state index in [1.165, 1.54) is 36.8 Å². The molecule has 4 heteroatoms. The SMILES string of the molecule is COc1ccc2c(c1)C1(CCN(CC=C(C)C)CC1)CN2C(=O)CCC1CCCC1. The molecule has 0 bridgehead atoms. The minimum Gasteiger partial charge on any atom is -0.497 e. The van der Waals surface area contributed by atoms with Crippen molar-refractivity contribution < 1.29 is 9.53 Å². The lowest BCUT2D eigenvalue weighted by atomic mass is 9.74. The van der Waals surface area contributed by atoms with Gasteiger partial charge >= 0.3 is 0 Å². The Balaban J connectivity index is 1.50. The molecule has 0 aromatic heterocycles. The van der Waals surface area contributed by atoms with E-state index >= 15 is 0 Å². The molecule has 30 heavy (non-hydrogen) atoms. The molecule has 0 N–H and O–H groups in total. The van der Waals surface area contributed by atoms with Gasteiger partial charge in [-0.1, -0.05) is 37.3 Å². The van der Waals surface area contributed by atoms with E-state index in [1.807, 2.05) is 6.07 Å². The van der Waals surface area contributed by atoms with Crippen LogP contribution in [0.15, 0.2) is 29.8 Å². The van der Waals surface area contributed by atoms with Gasteiger partial charge < -0.3 is 9.64 Å². The number of hydrogen-bond acceptors (Lipinski definition) is 3. The van der Waals surface area contributed by atoms with Crippen molar-refractivity contribution in [2.75, 3.05) is 38.2 Å². The van der Waals surface area contributed by atoms with Gasteiger partial charge in [-0.2, -0.15) is 0 Å². The van der Waals surface area contributed by atoms with Gasteiger partial charge in [0.1, 0.15) is 5.75 Å². The monoisotopic (exact) mass is 410 g/mol. The highest BCUT2D eigenvalue weighted by Gasteiger charge is 2.46. The average Bonchev–Trinajstić information content (AvgIpc) is 3.38. The van der Waals surface area contributed by atoms with Crippen LogP contribution in [0.2, 0.25) is 0 Å². The Labute approximate surface area is 182 Å². The number of likely N-dealkylation sites (tertiary alicyclic amines) is 1. The highest BCUT2D eigenvalue weighted by molar-refractivity contribution is 5.96. The molecule has 2 aliphatic heterocycles. The van der Waals surface area contributed by atoms with Crippen molar-refractivity contribution >= 4 is 11.6 Å². The molecule has 1 aliphatic carbocycles. The van der Waals surface area contributed by atoms with E-state index < -0.39 is 0 Å². The Bertz CT molecular complexity index is 782. The number of rotatable bonds is 6. The number of amides is 1. The topological polar surface area (TPSA) is 32.8 Å². The molecule has 1 saturated heterocycles. The molecule has 4 rings (SSSR count). The maximum atomic E-state index is 13.3. The number of carbonyl (C=O) groups excluding carboxylic acids is 1. The van der Waals surface area contributed by atoms with E-state index in [4.69, 9.17) is 4.74 Å². The van der Waals surface area contributed by atoms with Crippen molar-refractivity contribution in [2.45, 2.75) is 70.6 Å². The van der Waals surface area contributed by atoms with E-state index in [-0.39, 0.29) is 5.41 Å². The summed E-state index contributed by atoms with van der Waals surface area (Å²) in [5.41, 5.74) is 3.92. The van der Waals surface area contributed by atoms with Crippen LogP contribution in [0, 0.1) is 5.92 Å². The number of fused-ring (bicyclic) bond motifs is 2. The Kier molecular flexibility index (Phi) is 6.52. The second-order valence-corrected chi connectivity index (χ2v) is 9.91. The summed E-state index contributed by atoms with van der Waals surface area (Å²) in [6.07, 6.45) is 11.6. The molecule has 0 atom stereocenters. The van der Waals surface area contributed by atoms with Crippen LogP contribution in [0.3, 0.4) is 0 Å². The van der Waals surface area contributed by atoms with Crippen LogP contribution in [-0.2, 0) is 10.2 Å². The second kappa shape index (κ2) is 9.13. The lowest BCUT2D eigenvalue weighted by Crippen LogP contribution is -2.46. The number of nitrogens with zero attached hydrogens (tertiary/aromatic N) is 2. The average molecular weight is 411 g/mol. The molecule has 4 nitrogen and oxygen atoms in total. The van der Waals surface area contributed by atoms with Crippen molar-refractivity contribution in [3.8, 4) is 5.75 Å². The number of ether oxygens (including phenoxy) is 1. The quantitative estimate of drug-likeness (QED) is 0.596. The fourth-order valence-electron chi connectivity index (χ4n) is 5.66. The van der Waals surface area contributed by atoms with Crippen molar-refractivity contribution in [1.29, 1.82) is 0 Å².